The number of rotatable bonds is 4. The molecule has 2 aromatic rings. The van der Waals surface area contributed by atoms with E-state index in [1.54, 1.807) is 19.1 Å². The van der Waals surface area contributed by atoms with Crippen molar-refractivity contribution in [1.29, 1.82) is 0 Å². The van der Waals surface area contributed by atoms with E-state index in [0.29, 0.717) is 21.8 Å². The van der Waals surface area contributed by atoms with Gasteiger partial charge < -0.3 is 9.63 Å². The summed E-state index contributed by atoms with van der Waals surface area (Å²) in [6.45, 7) is 5.66. The van der Waals surface area contributed by atoms with Gasteiger partial charge >= 0.3 is 0 Å². The Balaban J connectivity index is 2.34. The molecule has 0 bridgehead atoms. The van der Waals surface area contributed by atoms with Crippen LogP contribution in [0.5, 0.6) is 0 Å². The molecule has 0 aliphatic rings. The van der Waals surface area contributed by atoms with Crippen LogP contribution in [-0.4, -0.2) is 21.4 Å². The molecule has 0 saturated heterocycles. The van der Waals surface area contributed by atoms with Gasteiger partial charge in [-0.1, -0.05) is 19.0 Å². The summed E-state index contributed by atoms with van der Waals surface area (Å²) in [7, 11) is 0. The largest absolute Gasteiger partial charge is 0.393 e. The van der Waals surface area contributed by atoms with E-state index in [9.17, 15) is 9.50 Å². The van der Waals surface area contributed by atoms with Crippen molar-refractivity contribution in [2.45, 2.75) is 32.8 Å². The number of hydrogen-bond acceptors (Lipinski definition) is 4. The quantitative estimate of drug-likeness (QED) is 0.918. The van der Waals surface area contributed by atoms with Crippen LogP contribution in [0.1, 0.15) is 32.6 Å². The van der Waals surface area contributed by atoms with Gasteiger partial charge in [0.25, 0.3) is 0 Å². The van der Waals surface area contributed by atoms with Crippen molar-refractivity contribution in [2.24, 2.45) is 5.92 Å². The summed E-state index contributed by atoms with van der Waals surface area (Å²) in [6, 6.07) is 4.52. The van der Waals surface area contributed by atoms with Crippen LogP contribution < -0.4 is 0 Å². The van der Waals surface area contributed by atoms with E-state index in [1.807, 2.05) is 13.8 Å². The van der Waals surface area contributed by atoms with E-state index in [2.05, 4.69) is 26.1 Å². The van der Waals surface area contributed by atoms with E-state index in [4.69, 9.17) is 4.52 Å². The highest BCUT2D eigenvalue weighted by molar-refractivity contribution is 9.10. The SMILES string of the molecule is CC(C)C(c1nc(-c2ccc(F)c(Br)c2)no1)C(C)O. The van der Waals surface area contributed by atoms with E-state index >= 15 is 0 Å². The summed E-state index contributed by atoms with van der Waals surface area (Å²) in [5.41, 5.74) is 0.654. The van der Waals surface area contributed by atoms with Crippen LogP contribution in [0, 0.1) is 11.7 Å². The molecule has 1 heterocycles. The van der Waals surface area contributed by atoms with Crippen LogP contribution in [0.15, 0.2) is 27.2 Å². The fourth-order valence-corrected chi connectivity index (χ4v) is 2.55. The van der Waals surface area contributed by atoms with E-state index in [-0.39, 0.29) is 17.7 Å². The van der Waals surface area contributed by atoms with Crippen molar-refractivity contribution in [3.8, 4) is 11.4 Å². The number of aromatic nitrogens is 2. The van der Waals surface area contributed by atoms with Crippen LogP contribution in [0.4, 0.5) is 4.39 Å². The number of halogens is 2. The summed E-state index contributed by atoms with van der Waals surface area (Å²) in [4.78, 5) is 4.31. The first-order valence-electron chi connectivity index (χ1n) is 6.37. The molecule has 2 atom stereocenters. The van der Waals surface area contributed by atoms with Crippen LogP contribution in [0.2, 0.25) is 0 Å². The van der Waals surface area contributed by atoms with Gasteiger partial charge in [-0.15, -0.1) is 0 Å². The van der Waals surface area contributed by atoms with Gasteiger partial charge in [-0.25, -0.2) is 4.39 Å². The molecule has 2 unspecified atom stereocenters. The highest BCUT2D eigenvalue weighted by atomic mass is 79.9. The monoisotopic (exact) mass is 342 g/mol. The average Bonchev–Trinajstić information content (AvgIpc) is 2.81. The summed E-state index contributed by atoms with van der Waals surface area (Å²) in [5, 5.41) is 13.7. The maximum Gasteiger partial charge on any atom is 0.232 e. The normalized spacial score (nSPS) is 14.6. The van der Waals surface area contributed by atoms with Crippen molar-refractivity contribution >= 4 is 15.9 Å². The number of aliphatic hydroxyl groups is 1. The van der Waals surface area contributed by atoms with Crippen molar-refractivity contribution in [1.82, 2.24) is 10.1 Å². The lowest BCUT2D eigenvalue weighted by Crippen LogP contribution is -2.20. The molecule has 0 radical (unpaired) electrons. The third kappa shape index (κ3) is 3.07. The predicted molar refractivity (Wildman–Crippen MR) is 76.7 cm³/mol. The lowest BCUT2D eigenvalue weighted by molar-refractivity contribution is 0.120. The highest BCUT2D eigenvalue weighted by Crippen LogP contribution is 2.29. The second kappa shape index (κ2) is 6.01. The van der Waals surface area contributed by atoms with Gasteiger partial charge in [-0.3, -0.25) is 0 Å². The van der Waals surface area contributed by atoms with Crippen molar-refractivity contribution in [2.75, 3.05) is 0 Å². The molecule has 0 amide bonds. The lowest BCUT2D eigenvalue weighted by Gasteiger charge is -2.19. The van der Waals surface area contributed by atoms with Gasteiger partial charge in [-0.05, 0) is 47.0 Å². The van der Waals surface area contributed by atoms with Crippen molar-refractivity contribution in [3.05, 3.63) is 34.4 Å². The van der Waals surface area contributed by atoms with Crippen LogP contribution in [0.25, 0.3) is 11.4 Å². The Morgan fingerprint density at radius 1 is 1.30 bits per heavy atom. The van der Waals surface area contributed by atoms with Gasteiger partial charge in [0.1, 0.15) is 5.82 Å². The zero-order valence-electron chi connectivity index (χ0n) is 11.5. The summed E-state index contributed by atoms with van der Waals surface area (Å²) < 4.78 is 18.8. The molecule has 1 N–H and O–H groups in total. The Morgan fingerprint density at radius 2 is 2.00 bits per heavy atom. The van der Waals surface area contributed by atoms with E-state index in [1.165, 1.54) is 6.07 Å². The minimum absolute atomic E-state index is 0.170. The molecule has 4 nitrogen and oxygen atoms in total. The first-order chi connectivity index (χ1) is 9.40. The number of benzene rings is 1. The number of hydrogen-bond donors (Lipinski definition) is 1. The molecular formula is C14H16BrFN2O2. The number of aliphatic hydroxyl groups excluding tert-OH is 1. The van der Waals surface area contributed by atoms with Crippen LogP contribution in [0.3, 0.4) is 0 Å². The van der Waals surface area contributed by atoms with Gasteiger partial charge in [0.2, 0.25) is 11.7 Å². The minimum atomic E-state index is -0.580. The van der Waals surface area contributed by atoms with Gasteiger partial charge in [0, 0.05) is 5.56 Å². The maximum absolute atomic E-state index is 13.2. The fourth-order valence-electron chi connectivity index (χ4n) is 2.17. The number of nitrogens with zero attached hydrogens (tertiary/aromatic N) is 2. The van der Waals surface area contributed by atoms with Crippen molar-refractivity contribution < 1.29 is 14.0 Å². The molecule has 0 saturated carbocycles. The molecule has 108 valence electrons. The predicted octanol–water partition coefficient (Wildman–Crippen LogP) is 3.76. The Bertz CT molecular complexity index is 591. The molecule has 0 aliphatic carbocycles. The zero-order chi connectivity index (χ0) is 14.9. The molecule has 0 spiro atoms. The maximum atomic E-state index is 13.2. The Hall–Kier alpha value is -1.27. The Kier molecular flexibility index (Phi) is 4.55. The minimum Gasteiger partial charge on any atom is -0.393 e. The van der Waals surface area contributed by atoms with Crippen molar-refractivity contribution in [3.63, 3.8) is 0 Å². The average molecular weight is 343 g/mol. The molecule has 0 fully saturated rings. The third-order valence-electron chi connectivity index (χ3n) is 3.14. The topological polar surface area (TPSA) is 59.2 Å². The zero-order valence-corrected chi connectivity index (χ0v) is 13.1. The molecule has 1 aromatic carbocycles. The lowest BCUT2D eigenvalue weighted by atomic mass is 9.91. The van der Waals surface area contributed by atoms with E-state index in [0.717, 1.165) is 0 Å². The van der Waals surface area contributed by atoms with Crippen LogP contribution in [-0.2, 0) is 0 Å². The first kappa shape index (κ1) is 15.1. The smallest absolute Gasteiger partial charge is 0.232 e. The molecular weight excluding hydrogens is 327 g/mol. The standard InChI is InChI=1S/C14H16BrFN2O2/c1-7(2)12(8(3)19)14-17-13(18-20-14)9-4-5-11(16)10(15)6-9/h4-8,12,19H,1-3H3. The molecule has 2 rings (SSSR count). The second-order valence-corrected chi connectivity index (χ2v) is 5.95. The Morgan fingerprint density at radius 3 is 2.55 bits per heavy atom. The molecule has 6 heteroatoms. The van der Waals surface area contributed by atoms with Crippen LogP contribution >= 0.6 is 15.9 Å². The van der Waals surface area contributed by atoms with Gasteiger partial charge in [0.15, 0.2) is 0 Å². The summed E-state index contributed by atoms with van der Waals surface area (Å²) >= 11 is 3.12. The van der Waals surface area contributed by atoms with Gasteiger partial charge in [0.05, 0.1) is 16.5 Å². The van der Waals surface area contributed by atoms with E-state index < -0.39 is 6.10 Å². The van der Waals surface area contributed by atoms with Gasteiger partial charge in [-0.2, -0.15) is 4.98 Å². The first-order valence-corrected chi connectivity index (χ1v) is 7.16. The second-order valence-electron chi connectivity index (χ2n) is 5.10. The summed E-state index contributed by atoms with van der Waals surface area (Å²) in [6.07, 6.45) is -0.580. The highest BCUT2D eigenvalue weighted by Gasteiger charge is 2.27. The molecule has 0 aliphatic heterocycles. The summed E-state index contributed by atoms with van der Waals surface area (Å²) in [5.74, 6) is 0.377. The Labute approximate surface area is 125 Å². The fraction of sp³-hybridized carbons (Fsp3) is 0.429. The molecule has 20 heavy (non-hydrogen) atoms. The molecule has 1 aromatic heterocycles. The third-order valence-corrected chi connectivity index (χ3v) is 3.75.